The molecule has 0 aliphatic carbocycles. The standard InChI is InChI=1S/C25H24N2O7S/c1-14(23(29)27-16-9-12-19(28)18(13-16)25(31)32)35-17-10-7-15(8-11-17)26-24(30)22-20(33-2)5-4-6-21(22)34-3/h4-14,28H,1-3H3,(H,26,30)(H,27,29)(H,31,32). The van der Waals surface area contributed by atoms with Gasteiger partial charge < -0.3 is 30.3 Å². The van der Waals surface area contributed by atoms with Gasteiger partial charge in [0.15, 0.2) is 0 Å². The molecule has 1 atom stereocenters. The van der Waals surface area contributed by atoms with Crippen molar-refractivity contribution < 1.29 is 34.1 Å². The van der Waals surface area contributed by atoms with Crippen LogP contribution in [0.5, 0.6) is 17.2 Å². The number of carboxylic acid groups (broad SMARTS) is 1. The summed E-state index contributed by atoms with van der Waals surface area (Å²) >= 11 is 1.29. The molecule has 4 N–H and O–H groups in total. The Labute approximate surface area is 206 Å². The molecule has 2 amide bonds. The molecule has 0 spiro atoms. The van der Waals surface area contributed by atoms with Crippen LogP contribution in [0.4, 0.5) is 11.4 Å². The first kappa shape index (κ1) is 25.4. The number of benzene rings is 3. The summed E-state index contributed by atoms with van der Waals surface area (Å²) in [5.74, 6) is -1.62. The lowest BCUT2D eigenvalue weighted by molar-refractivity contribution is -0.115. The van der Waals surface area contributed by atoms with Crippen molar-refractivity contribution in [3.63, 3.8) is 0 Å². The van der Waals surface area contributed by atoms with E-state index in [2.05, 4.69) is 10.6 Å². The Morgan fingerprint density at radius 3 is 2.06 bits per heavy atom. The summed E-state index contributed by atoms with van der Waals surface area (Å²) in [6.07, 6.45) is 0. The molecule has 9 nitrogen and oxygen atoms in total. The molecule has 182 valence electrons. The van der Waals surface area contributed by atoms with Crippen LogP contribution in [-0.4, -0.2) is 47.5 Å². The molecule has 35 heavy (non-hydrogen) atoms. The van der Waals surface area contributed by atoms with E-state index >= 15 is 0 Å². The van der Waals surface area contributed by atoms with Crippen molar-refractivity contribution in [1.82, 2.24) is 0 Å². The van der Waals surface area contributed by atoms with E-state index in [4.69, 9.17) is 14.6 Å². The van der Waals surface area contributed by atoms with Gasteiger partial charge in [-0.25, -0.2) is 4.79 Å². The summed E-state index contributed by atoms with van der Waals surface area (Å²) in [5, 5.41) is 23.7. The predicted molar refractivity (Wildman–Crippen MR) is 133 cm³/mol. The lowest BCUT2D eigenvalue weighted by Gasteiger charge is -2.14. The van der Waals surface area contributed by atoms with E-state index in [0.717, 1.165) is 4.90 Å². The SMILES string of the molecule is COc1cccc(OC)c1C(=O)Nc1ccc(SC(C)C(=O)Nc2ccc(O)c(C(=O)O)c2)cc1. The van der Waals surface area contributed by atoms with Crippen molar-refractivity contribution in [2.45, 2.75) is 17.1 Å². The smallest absolute Gasteiger partial charge is 0.339 e. The molecule has 0 saturated heterocycles. The highest BCUT2D eigenvalue weighted by atomic mass is 32.2. The topological polar surface area (TPSA) is 134 Å². The number of nitrogens with one attached hydrogen (secondary N) is 2. The average molecular weight is 497 g/mol. The van der Waals surface area contributed by atoms with Crippen LogP contribution in [0.1, 0.15) is 27.6 Å². The zero-order chi connectivity index (χ0) is 25.5. The molecule has 0 aromatic heterocycles. The number of ether oxygens (including phenoxy) is 2. The maximum absolute atomic E-state index is 12.8. The molecule has 0 bridgehead atoms. The van der Waals surface area contributed by atoms with Gasteiger partial charge in [-0.2, -0.15) is 0 Å². The second kappa shape index (κ2) is 11.3. The summed E-state index contributed by atoms with van der Waals surface area (Å²) in [5.41, 5.74) is 0.796. The van der Waals surface area contributed by atoms with Crippen LogP contribution in [0.3, 0.4) is 0 Å². The number of carbonyl (C=O) groups is 3. The van der Waals surface area contributed by atoms with Gasteiger partial charge in [0, 0.05) is 16.3 Å². The Kier molecular flexibility index (Phi) is 8.21. The highest BCUT2D eigenvalue weighted by molar-refractivity contribution is 8.00. The lowest BCUT2D eigenvalue weighted by atomic mass is 10.1. The van der Waals surface area contributed by atoms with Crippen LogP contribution in [0.15, 0.2) is 65.6 Å². The Morgan fingerprint density at radius 2 is 1.49 bits per heavy atom. The van der Waals surface area contributed by atoms with Crippen LogP contribution < -0.4 is 20.1 Å². The van der Waals surface area contributed by atoms with Crippen molar-refractivity contribution in [1.29, 1.82) is 0 Å². The van der Waals surface area contributed by atoms with E-state index in [9.17, 15) is 19.5 Å². The van der Waals surface area contributed by atoms with E-state index in [-0.39, 0.29) is 34.4 Å². The van der Waals surface area contributed by atoms with Gasteiger partial charge >= 0.3 is 5.97 Å². The van der Waals surface area contributed by atoms with E-state index in [1.807, 2.05) is 0 Å². The fraction of sp³-hybridized carbons (Fsp3) is 0.160. The lowest BCUT2D eigenvalue weighted by Crippen LogP contribution is -2.22. The summed E-state index contributed by atoms with van der Waals surface area (Å²) in [7, 11) is 2.95. The molecule has 0 heterocycles. The van der Waals surface area contributed by atoms with Gasteiger partial charge in [0.05, 0.1) is 19.5 Å². The second-order valence-corrected chi connectivity index (χ2v) is 8.72. The summed E-state index contributed by atoms with van der Waals surface area (Å²) in [4.78, 5) is 37.3. The minimum Gasteiger partial charge on any atom is -0.507 e. The molecule has 1 unspecified atom stereocenters. The fourth-order valence-electron chi connectivity index (χ4n) is 3.17. The molecule has 0 fully saturated rings. The Hall–Kier alpha value is -4.18. The van der Waals surface area contributed by atoms with Gasteiger partial charge in [-0.1, -0.05) is 6.07 Å². The fourth-order valence-corrected chi connectivity index (χ4v) is 4.04. The molecular weight excluding hydrogens is 472 g/mol. The maximum atomic E-state index is 12.8. The van der Waals surface area contributed by atoms with Gasteiger partial charge in [-0.05, 0) is 61.5 Å². The van der Waals surface area contributed by atoms with E-state index in [1.54, 1.807) is 49.4 Å². The van der Waals surface area contributed by atoms with Crippen LogP contribution in [0.2, 0.25) is 0 Å². The number of hydrogen-bond donors (Lipinski definition) is 4. The zero-order valence-electron chi connectivity index (χ0n) is 19.2. The molecule has 10 heteroatoms. The van der Waals surface area contributed by atoms with Gasteiger partial charge in [0.2, 0.25) is 5.91 Å². The quantitative estimate of drug-likeness (QED) is 0.252. The van der Waals surface area contributed by atoms with Crippen LogP contribution in [-0.2, 0) is 4.79 Å². The molecule has 0 saturated carbocycles. The van der Waals surface area contributed by atoms with E-state index in [0.29, 0.717) is 17.2 Å². The zero-order valence-corrected chi connectivity index (χ0v) is 20.0. The number of aromatic carboxylic acids is 1. The van der Waals surface area contributed by atoms with Crippen LogP contribution in [0, 0.1) is 0 Å². The number of anilines is 2. The Bertz CT molecular complexity index is 1220. The highest BCUT2D eigenvalue weighted by Crippen LogP contribution is 2.30. The van der Waals surface area contributed by atoms with Gasteiger partial charge in [0.1, 0.15) is 28.4 Å². The minimum absolute atomic E-state index is 0.266. The maximum Gasteiger partial charge on any atom is 0.339 e. The van der Waals surface area contributed by atoms with Crippen molar-refractivity contribution in [2.75, 3.05) is 24.9 Å². The third-order valence-corrected chi connectivity index (χ3v) is 6.06. The number of thioether (sulfide) groups is 1. The Morgan fingerprint density at radius 1 is 0.886 bits per heavy atom. The number of phenols is 1. The Balaban J connectivity index is 1.63. The number of carboxylic acids is 1. The first-order valence-corrected chi connectivity index (χ1v) is 11.3. The summed E-state index contributed by atoms with van der Waals surface area (Å²) in [6, 6.07) is 15.9. The highest BCUT2D eigenvalue weighted by Gasteiger charge is 2.19. The van der Waals surface area contributed by atoms with Crippen molar-refractivity contribution in [3.8, 4) is 17.2 Å². The summed E-state index contributed by atoms with van der Waals surface area (Å²) < 4.78 is 10.6. The molecule has 0 radical (unpaired) electrons. The summed E-state index contributed by atoms with van der Waals surface area (Å²) in [6.45, 7) is 1.71. The van der Waals surface area contributed by atoms with E-state index < -0.39 is 11.2 Å². The molecule has 3 aromatic rings. The normalized spacial score (nSPS) is 11.3. The largest absolute Gasteiger partial charge is 0.507 e. The van der Waals surface area contributed by atoms with Crippen LogP contribution in [0.25, 0.3) is 0 Å². The van der Waals surface area contributed by atoms with Gasteiger partial charge in [-0.15, -0.1) is 11.8 Å². The number of aromatic hydroxyl groups is 1. The minimum atomic E-state index is -1.29. The van der Waals surface area contributed by atoms with Gasteiger partial charge in [0.25, 0.3) is 5.91 Å². The second-order valence-electron chi connectivity index (χ2n) is 7.30. The van der Waals surface area contributed by atoms with E-state index in [1.165, 1.54) is 44.2 Å². The molecule has 0 aliphatic rings. The third kappa shape index (κ3) is 6.24. The third-order valence-electron chi connectivity index (χ3n) is 4.94. The average Bonchev–Trinajstić information content (AvgIpc) is 2.85. The predicted octanol–water partition coefficient (Wildman–Crippen LogP) is 4.48. The van der Waals surface area contributed by atoms with Crippen molar-refractivity contribution in [3.05, 3.63) is 71.8 Å². The molecule has 3 rings (SSSR count). The van der Waals surface area contributed by atoms with Gasteiger partial charge in [-0.3, -0.25) is 9.59 Å². The number of rotatable bonds is 9. The molecule has 0 aliphatic heterocycles. The monoisotopic (exact) mass is 496 g/mol. The number of methoxy groups -OCH3 is 2. The first-order chi connectivity index (χ1) is 16.7. The molecule has 3 aromatic carbocycles. The van der Waals surface area contributed by atoms with Crippen molar-refractivity contribution in [2.24, 2.45) is 0 Å². The number of hydrogen-bond acceptors (Lipinski definition) is 7. The number of amides is 2. The molecular formula is C25H24N2O7S. The first-order valence-electron chi connectivity index (χ1n) is 10.4. The van der Waals surface area contributed by atoms with Crippen molar-refractivity contribution >= 4 is 40.9 Å². The van der Waals surface area contributed by atoms with Crippen LogP contribution >= 0.6 is 11.8 Å². The number of carbonyl (C=O) groups excluding carboxylic acids is 2.